The SMILES string of the molecule is O=C(Nc1ncc[nH]1)c1cc(Cl)nc2ccccc12. The monoisotopic (exact) mass is 272 g/mol. The van der Waals surface area contributed by atoms with Crippen molar-refractivity contribution in [1.29, 1.82) is 0 Å². The van der Waals surface area contributed by atoms with Gasteiger partial charge in [-0.2, -0.15) is 0 Å². The van der Waals surface area contributed by atoms with E-state index in [0.717, 1.165) is 5.39 Å². The Labute approximate surface area is 113 Å². The molecule has 6 heteroatoms. The molecule has 0 bridgehead atoms. The molecule has 0 fully saturated rings. The topological polar surface area (TPSA) is 70.7 Å². The lowest BCUT2D eigenvalue weighted by molar-refractivity contribution is 0.102. The van der Waals surface area contributed by atoms with Gasteiger partial charge in [0.15, 0.2) is 0 Å². The Hall–Kier alpha value is -2.40. The molecule has 1 amide bonds. The van der Waals surface area contributed by atoms with Gasteiger partial charge < -0.3 is 4.98 Å². The summed E-state index contributed by atoms with van der Waals surface area (Å²) in [6.07, 6.45) is 3.19. The van der Waals surface area contributed by atoms with E-state index in [4.69, 9.17) is 11.6 Å². The minimum Gasteiger partial charge on any atom is -0.331 e. The van der Waals surface area contributed by atoms with Gasteiger partial charge >= 0.3 is 0 Å². The fraction of sp³-hybridized carbons (Fsp3) is 0. The average molecular weight is 273 g/mol. The van der Waals surface area contributed by atoms with E-state index in [-0.39, 0.29) is 11.1 Å². The van der Waals surface area contributed by atoms with Crippen molar-refractivity contribution in [2.45, 2.75) is 0 Å². The molecule has 0 aliphatic heterocycles. The number of hydrogen-bond acceptors (Lipinski definition) is 3. The van der Waals surface area contributed by atoms with Crippen molar-refractivity contribution in [2.24, 2.45) is 0 Å². The van der Waals surface area contributed by atoms with Crippen LogP contribution >= 0.6 is 11.6 Å². The molecule has 2 heterocycles. The number of para-hydroxylation sites is 1. The average Bonchev–Trinajstić information content (AvgIpc) is 2.90. The van der Waals surface area contributed by atoms with Crippen molar-refractivity contribution in [3.05, 3.63) is 53.4 Å². The Balaban J connectivity index is 2.06. The maximum absolute atomic E-state index is 12.2. The molecule has 0 atom stereocenters. The lowest BCUT2D eigenvalue weighted by Gasteiger charge is -2.06. The standard InChI is InChI=1S/C13H9ClN4O/c14-11-7-9(8-3-1-2-4-10(8)17-11)12(19)18-13-15-5-6-16-13/h1-7H,(H2,15,16,18,19). The van der Waals surface area contributed by atoms with Gasteiger partial charge in [0.1, 0.15) is 5.15 Å². The first-order valence-electron chi connectivity index (χ1n) is 5.60. The number of carbonyl (C=O) groups excluding carboxylic acids is 1. The summed E-state index contributed by atoms with van der Waals surface area (Å²) in [5.74, 6) is 0.109. The van der Waals surface area contributed by atoms with E-state index < -0.39 is 0 Å². The molecule has 5 nitrogen and oxygen atoms in total. The van der Waals surface area contributed by atoms with Crippen LogP contribution in [0.1, 0.15) is 10.4 Å². The van der Waals surface area contributed by atoms with Gasteiger partial charge in [0.05, 0.1) is 11.1 Å². The molecule has 3 rings (SSSR count). The third-order valence-corrected chi connectivity index (χ3v) is 2.85. The van der Waals surface area contributed by atoms with E-state index in [0.29, 0.717) is 17.0 Å². The van der Waals surface area contributed by atoms with Crippen LogP contribution in [-0.4, -0.2) is 20.9 Å². The lowest BCUT2D eigenvalue weighted by Crippen LogP contribution is -2.13. The number of halogens is 1. The molecule has 19 heavy (non-hydrogen) atoms. The second-order valence-corrected chi connectivity index (χ2v) is 4.29. The van der Waals surface area contributed by atoms with Gasteiger partial charge in [-0.25, -0.2) is 9.97 Å². The molecule has 0 saturated heterocycles. The van der Waals surface area contributed by atoms with Crippen LogP contribution in [-0.2, 0) is 0 Å². The van der Waals surface area contributed by atoms with Crippen LogP contribution in [0.4, 0.5) is 5.95 Å². The van der Waals surface area contributed by atoms with Crippen molar-refractivity contribution < 1.29 is 4.79 Å². The van der Waals surface area contributed by atoms with Crippen LogP contribution in [0.15, 0.2) is 42.7 Å². The van der Waals surface area contributed by atoms with Crippen LogP contribution in [0.2, 0.25) is 5.15 Å². The van der Waals surface area contributed by atoms with Gasteiger partial charge in [-0.1, -0.05) is 29.8 Å². The highest BCUT2D eigenvalue weighted by Crippen LogP contribution is 2.21. The van der Waals surface area contributed by atoms with Crippen molar-refractivity contribution >= 4 is 34.4 Å². The number of rotatable bonds is 2. The summed E-state index contributed by atoms with van der Waals surface area (Å²) in [6, 6.07) is 8.88. The number of H-pyrrole nitrogens is 1. The molecule has 3 aromatic rings. The zero-order chi connectivity index (χ0) is 13.2. The first kappa shape index (κ1) is 11.7. The quantitative estimate of drug-likeness (QED) is 0.705. The number of nitrogens with zero attached hydrogens (tertiary/aromatic N) is 2. The first-order chi connectivity index (χ1) is 9.24. The number of aromatic nitrogens is 3. The fourth-order valence-corrected chi connectivity index (χ4v) is 2.04. The summed E-state index contributed by atoms with van der Waals surface area (Å²) in [5.41, 5.74) is 1.14. The van der Waals surface area contributed by atoms with Crippen molar-refractivity contribution in [1.82, 2.24) is 15.0 Å². The molecule has 2 aromatic heterocycles. The molecular weight excluding hydrogens is 264 g/mol. The van der Waals surface area contributed by atoms with Gasteiger partial charge in [0.25, 0.3) is 5.91 Å². The van der Waals surface area contributed by atoms with Crippen LogP contribution < -0.4 is 5.32 Å². The van der Waals surface area contributed by atoms with E-state index in [1.807, 2.05) is 24.3 Å². The molecule has 0 unspecified atom stereocenters. The van der Waals surface area contributed by atoms with Gasteiger partial charge in [-0.3, -0.25) is 10.1 Å². The molecular formula is C13H9ClN4O. The van der Waals surface area contributed by atoms with E-state index in [9.17, 15) is 4.79 Å². The van der Waals surface area contributed by atoms with E-state index in [1.54, 1.807) is 18.5 Å². The maximum atomic E-state index is 12.2. The van der Waals surface area contributed by atoms with Gasteiger partial charge in [0, 0.05) is 17.8 Å². The zero-order valence-electron chi connectivity index (χ0n) is 9.72. The highest BCUT2D eigenvalue weighted by atomic mass is 35.5. The highest BCUT2D eigenvalue weighted by molar-refractivity contribution is 6.30. The highest BCUT2D eigenvalue weighted by Gasteiger charge is 2.13. The Kier molecular flexibility index (Phi) is 2.89. The smallest absolute Gasteiger partial charge is 0.258 e. The molecule has 0 aliphatic rings. The Morgan fingerprint density at radius 2 is 2.16 bits per heavy atom. The zero-order valence-corrected chi connectivity index (χ0v) is 10.5. The van der Waals surface area contributed by atoms with Gasteiger partial charge in [0.2, 0.25) is 5.95 Å². The number of amides is 1. The number of aromatic amines is 1. The number of hydrogen-bond donors (Lipinski definition) is 2. The molecule has 94 valence electrons. The minimum absolute atomic E-state index is 0.281. The maximum Gasteiger partial charge on any atom is 0.258 e. The van der Waals surface area contributed by atoms with Crippen LogP contribution in [0, 0.1) is 0 Å². The number of carbonyl (C=O) groups is 1. The van der Waals surface area contributed by atoms with E-state index in [2.05, 4.69) is 20.3 Å². The van der Waals surface area contributed by atoms with Gasteiger partial charge in [-0.15, -0.1) is 0 Å². The summed E-state index contributed by atoms with van der Waals surface area (Å²) in [6.45, 7) is 0. The molecule has 0 radical (unpaired) electrons. The summed E-state index contributed by atoms with van der Waals surface area (Å²) < 4.78 is 0. The summed E-state index contributed by atoms with van der Waals surface area (Å²) >= 11 is 5.94. The van der Waals surface area contributed by atoms with E-state index >= 15 is 0 Å². The number of benzene rings is 1. The number of nitrogens with one attached hydrogen (secondary N) is 2. The lowest BCUT2D eigenvalue weighted by atomic mass is 10.1. The van der Waals surface area contributed by atoms with Crippen molar-refractivity contribution in [3.63, 3.8) is 0 Å². The second kappa shape index (κ2) is 4.70. The van der Waals surface area contributed by atoms with Crippen LogP contribution in [0.5, 0.6) is 0 Å². The van der Waals surface area contributed by atoms with E-state index in [1.165, 1.54) is 0 Å². The normalized spacial score (nSPS) is 10.6. The molecule has 0 aliphatic carbocycles. The molecule has 0 saturated carbocycles. The summed E-state index contributed by atoms with van der Waals surface area (Å²) in [5, 5.41) is 3.69. The predicted molar refractivity (Wildman–Crippen MR) is 73.3 cm³/mol. The third-order valence-electron chi connectivity index (χ3n) is 2.66. The summed E-state index contributed by atoms with van der Waals surface area (Å²) in [4.78, 5) is 23.2. The van der Waals surface area contributed by atoms with Crippen LogP contribution in [0.3, 0.4) is 0 Å². The van der Waals surface area contributed by atoms with Gasteiger partial charge in [-0.05, 0) is 12.1 Å². The van der Waals surface area contributed by atoms with Crippen LogP contribution in [0.25, 0.3) is 10.9 Å². The Bertz CT molecular complexity index is 739. The Morgan fingerprint density at radius 3 is 2.95 bits per heavy atom. The molecule has 2 N–H and O–H groups in total. The number of pyridine rings is 1. The first-order valence-corrected chi connectivity index (χ1v) is 5.98. The second-order valence-electron chi connectivity index (χ2n) is 3.90. The minimum atomic E-state index is -0.282. The number of imidazole rings is 1. The summed E-state index contributed by atoms with van der Waals surface area (Å²) in [7, 11) is 0. The van der Waals surface area contributed by atoms with Crippen molar-refractivity contribution in [2.75, 3.05) is 5.32 Å². The third kappa shape index (κ3) is 2.28. The van der Waals surface area contributed by atoms with Crippen molar-refractivity contribution in [3.8, 4) is 0 Å². The fourth-order valence-electron chi connectivity index (χ4n) is 1.84. The predicted octanol–water partition coefficient (Wildman–Crippen LogP) is 2.86. The largest absolute Gasteiger partial charge is 0.331 e. The number of fused-ring (bicyclic) bond motifs is 1. The molecule has 0 spiro atoms. The Morgan fingerprint density at radius 1 is 1.32 bits per heavy atom. The number of anilines is 1. The molecule has 1 aromatic carbocycles.